The molecule has 0 aliphatic carbocycles. The molecule has 0 aliphatic rings. The van der Waals surface area contributed by atoms with Gasteiger partial charge in [-0.2, -0.15) is 4.98 Å². The average Bonchev–Trinajstić information content (AvgIpc) is 3.08. The van der Waals surface area contributed by atoms with Crippen LogP contribution in [-0.2, 0) is 38.4 Å². The molecule has 0 saturated heterocycles. The number of anilines is 1. The predicted octanol–water partition coefficient (Wildman–Crippen LogP) is -3.95. The quantitative estimate of drug-likeness (QED) is 0.0539. The minimum atomic E-state index is -1.17. The molecule has 20 N–H and O–H groups in total. The van der Waals surface area contributed by atoms with Gasteiger partial charge >= 0.3 is 47.8 Å². The van der Waals surface area contributed by atoms with Crippen molar-refractivity contribution in [2.75, 3.05) is 5.43 Å². The van der Waals surface area contributed by atoms with Gasteiger partial charge < -0.3 is 63.8 Å². The van der Waals surface area contributed by atoms with E-state index in [2.05, 4.69) is 25.4 Å². The second-order valence-corrected chi connectivity index (χ2v) is 9.80. The van der Waals surface area contributed by atoms with Gasteiger partial charge in [-0.3, -0.25) is 53.6 Å². The molecule has 0 radical (unpaired) electrons. The Labute approximate surface area is 296 Å². The molecule has 0 unspecified atom stereocenters. The van der Waals surface area contributed by atoms with Crippen LogP contribution >= 0.6 is 0 Å². The molecule has 0 bridgehead atoms. The lowest BCUT2D eigenvalue weighted by atomic mass is 10.2. The van der Waals surface area contributed by atoms with Crippen molar-refractivity contribution >= 4 is 64.9 Å². The van der Waals surface area contributed by atoms with Crippen molar-refractivity contribution in [2.24, 2.45) is 28.8 Å². The van der Waals surface area contributed by atoms with Crippen molar-refractivity contribution in [1.29, 1.82) is 0 Å². The van der Waals surface area contributed by atoms with Gasteiger partial charge in [0.25, 0.3) is 5.56 Å². The first-order valence-electron chi connectivity index (χ1n) is 14.4. The number of H-pyrrole nitrogens is 1. The molecular formula is C26H42N10O17. The number of carbonyl (C=O) groups is 8. The standard InChI is InChI=1S/C6H6N6O.4C5H9NO4/c7-12-6-10-4-3(5(13)11-6)8-1-2-9-4;4*6-3(5(9)10)1-2-4(7)8/h1-2H,7H2,(H2,9,10,11,12,13);4*3H,1-2,6H2,(H,7,8)(H,9,10)/t;4*3-/m.0000/s1. The highest BCUT2D eigenvalue weighted by Gasteiger charge is 2.14. The van der Waals surface area contributed by atoms with Crippen LogP contribution in [0.5, 0.6) is 0 Å². The third-order valence-electron chi connectivity index (χ3n) is 5.43. The molecule has 4 atom stereocenters. The zero-order valence-electron chi connectivity index (χ0n) is 27.6. The minimum Gasteiger partial charge on any atom is -0.481 e. The first kappa shape index (κ1) is 51.0. The fourth-order valence-electron chi connectivity index (χ4n) is 2.55. The number of hydrogen-bond donors (Lipinski definition) is 15. The van der Waals surface area contributed by atoms with E-state index < -0.39 is 71.9 Å². The Hall–Kier alpha value is -6.42. The molecule has 2 aromatic rings. The normalized spacial score (nSPS) is 11.9. The summed E-state index contributed by atoms with van der Waals surface area (Å²) >= 11 is 0. The fraction of sp³-hybridized carbons (Fsp3) is 0.462. The van der Waals surface area contributed by atoms with Gasteiger partial charge in [-0.05, 0) is 25.7 Å². The number of hydrogen-bond acceptors (Lipinski definition) is 18. The third kappa shape index (κ3) is 29.1. The van der Waals surface area contributed by atoms with Crippen molar-refractivity contribution in [1.82, 2.24) is 19.9 Å². The molecule has 0 aliphatic heterocycles. The number of rotatable bonds is 17. The summed E-state index contributed by atoms with van der Waals surface area (Å²) in [5.41, 5.74) is 22.3. The fourth-order valence-corrected chi connectivity index (χ4v) is 2.55. The summed E-state index contributed by atoms with van der Waals surface area (Å²) in [6, 6.07) is -4.24. The summed E-state index contributed by atoms with van der Waals surface area (Å²) in [5, 5.41) is 65.1. The lowest BCUT2D eigenvalue weighted by Gasteiger charge is -2.01. The van der Waals surface area contributed by atoms with Crippen LogP contribution in [-0.4, -0.2) is 133 Å². The summed E-state index contributed by atoms with van der Waals surface area (Å²) in [7, 11) is 0. The summed E-state index contributed by atoms with van der Waals surface area (Å²) in [4.78, 5) is 105. The van der Waals surface area contributed by atoms with E-state index in [1.165, 1.54) is 12.4 Å². The van der Waals surface area contributed by atoms with E-state index in [0.29, 0.717) is 0 Å². The number of nitrogens with one attached hydrogen (secondary N) is 2. The largest absolute Gasteiger partial charge is 0.481 e. The number of nitrogens with zero attached hydrogens (tertiary/aromatic N) is 3. The number of carboxylic acid groups (broad SMARTS) is 8. The maximum Gasteiger partial charge on any atom is 0.320 e. The zero-order valence-corrected chi connectivity index (χ0v) is 27.6. The first-order valence-corrected chi connectivity index (χ1v) is 14.4. The van der Waals surface area contributed by atoms with Crippen LogP contribution in [0.3, 0.4) is 0 Å². The van der Waals surface area contributed by atoms with Crippen LogP contribution < -0.4 is 39.8 Å². The van der Waals surface area contributed by atoms with Gasteiger partial charge in [-0.1, -0.05) is 0 Å². The maximum absolute atomic E-state index is 11.3. The van der Waals surface area contributed by atoms with Gasteiger partial charge in [0.1, 0.15) is 24.2 Å². The third-order valence-corrected chi connectivity index (χ3v) is 5.43. The van der Waals surface area contributed by atoms with Gasteiger partial charge in [0, 0.05) is 38.1 Å². The van der Waals surface area contributed by atoms with E-state index in [1.54, 1.807) is 0 Å². The second-order valence-electron chi connectivity index (χ2n) is 9.80. The molecule has 0 fully saturated rings. The molecule has 2 rings (SSSR count). The van der Waals surface area contributed by atoms with Crippen molar-refractivity contribution < 1.29 is 79.2 Å². The molecule has 0 aromatic carbocycles. The van der Waals surface area contributed by atoms with E-state index in [-0.39, 0.29) is 74.0 Å². The van der Waals surface area contributed by atoms with E-state index in [1.807, 2.05) is 0 Å². The Morgan fingerprint density at radius 1 is 0.566 bits per heavy atom. The topological polar surface area (TPSA) is 512 Å². The predicted molar refractivity (Wildman–Crippen MR) is 176 cm³/mol. The zero-order chi connectivity index (χ0) is 41.8. The number of nitrogen functional groups attached to an aromatic ring is 1. The highest BCUT2D eigenvalue weighted by atomic mass is 16.4. The monoisotopic (exact) mass is 766 g/mol. The van der Waals surface area contributed by atoms with Crippen LogP contribution in [0.1, 0.15) is 51.4 Å². The molecule has 0 spiro atoms. The summed E-state index contributed by atoms with van der Waals surface area (Å²) in [6.07, 6.45) is 1.98. The van der Waals surface area contributed by atoms with E-state index in [0.717, 1.165) is 0 Å². The molecule has 0 amide bonds. The maximum atomic E-state index is 11.3. The van der Waals surface area contributed by atoms with Crippen molar-refractivity contribution in [3.05, 3.63) is 22.7 Å². The van der Waals surface area contributed by atoms with Gasteiger partial charge in [-0.15, -0.1) is 0 Å². The van der Waals surface area contributed by atoms with Gasteiger partial charge in [0.05, 0.1) is 0 Å². The number of hydrazine groups is 1. The summed E-state index contributed by atoms with van der Waals surface area (Å²) < 4.78 is 0. The molecule has 27 nitrogen and oxygen atoms in total. The second kappa shape index (κ2) is 28.3. The highest BCUT2D eigenvalue weighted by molar-refractivity contribution is 5.76. The Bertz CT molecular complexity index is 1440. The van der Waals surface area contributed by atoms with Crippen LogP contribution in [0.4, 0.5) is 5.95 Å². The van der Waals surface area contributed by atoms with Crippen molar-refractivity contribution in [2.45, 2.75) is 75.5 Å². The molecule has 27 heteroatoms. The minimum absolute atomic E-state index is 0.0231. The number of aliphatic carboxylic acids is 8. The molecular weight excluding hydrogens is 724 g/mol. The Balaban J connectivity index is -0.000000594. The van der Waals surface area contributed by atoms with Crippen LogP contribution in [0.2, 0.25) is 0 Å². The van der Waals surface area contributed by atoms with Crippen LogP contribution in [0, 0.1) is 0 Å². The Morgan fingerprint density at radius 3 is 1.09 bits per heavy atom. The SMILES string of the molecule is NNc1nc2nccnc2c(=O)[nH]1.N[C@@H](CCC(=O)O)C(=O)O.N[C@@H](CCC(=O)O)C(=O)O.N[C@@H](CCC(=O)O)C(=O)O.N[C@@H](CCC(=O)O)C(=O)O. The van der Waals surface area contributed by atoms with Gasteiger partial charge in [0.15, 0.2) is 11.2 Å². The van der Waals surface area contributed by atoms with Crippen molar-refractivity contribution in [3.63, 3.8) is 0 Å². The lowest BCUT2D eigenvalue weighted by molar-refractivity contribution is -0.141. The van der Waals surface area contributed by atoms with E-state index in [4.69, 9.17) is 69.6 Å². The average molecular weight is 767 g/mol. The number of carboxylic acids is 8. The van der Waals surface area contributed by atoms with Crippen LogP contribution in [0.15, 0.2) is 17.2 Å². The molecule has 53 heavy (non-hydrogen) atoms. The Morgan fingerprint density at radius 2 is 0.849 bits per heavy atom. The number of fused-ring (bicyclic) bond motifs is 1. The Kier molecular flexibility index (Phi) is 27.2. The highest BCUT2D eigenvalue weighted by Crippen LogP contribution is 2.00. The number of nitrogens with two attached hydrogens (primary N) is 5. The van der Waals surface area contributed by atoms with Crippen LogP contribution in [0.25, 0.3) is 11.2 Å². The molecule has 2 heterocycles. The molecule has 298 valence electrons. The number of aromatic nitrogens is 4. The molecule has 0 saturated carbocycles. The van der Waals surface area contributed by atoms with Crippen molar-refractivity contribution in [3.8, 4) is 0 Å². The van der Waals surface area contributed by atoms with Gasteiger partial charge in [-0.25, -0.2) is 15.8 Å². The van der Waals surface area contributed by atoms with Gasteiger partial charge in [0.2, 0.25) is 5.95 Å². The van der Waals surface area contributed by atoms with E-state index in [9.17, 15) is 43.2 Å². The smallest absolute Gasteiger partial charge is 0.320 e. The lowest BCUT2D eigenvalue weighted by Crippen LogP contribution is -2.30. The summed E-state index contributed by atoms with van der Waals surface area (Å²) in [6.45, 7) is 0. The van der Waals surface area contributed by atoms with E-state index >= 15 is 0 Å². The number of aromatic amines is 1. The first-order chi connectivity index (χ1) is 24.5. The molecule has 2 aromatic heterocycles. The summed E-state index contributed by atoms with van der Waals surface area (Å²) in [5.74, 6) is -3.54.